The molecule has 0 atom stereocenters. The Hall–Kier alpha value is -1.41. The highest BCUT2D eigenvalue weighted by Gasteiger charge is 2.10. The van der Waals surface area contributed by atoms with Crippen LogP contribution in [0.1, 0.15) is 23.1 Å². The van der Waals surface area contributed by atoms with Crippen LogP contribution in [-0.2, 0) is 12.8 Å². The molecule has 2 aromatic carbocycles. The van der Waals surface area contributed by atoms with Crippen LogP contribution in [0.3, 0.4) is 0 Å². The number of benzene rings is 2. The highest BCUT2D eigenvalue weighted by molar-refractivity contribution is 7.99. The van der Waals surface area contributed by atoms with Gasteiger partial charge < -0.3 is 5.32 Å². The molecule has 0 radical (unpaired) electrons. The highest BCUT2D eigenvalue weighted by atomic mass is 32.2. The van der Waals surface area contributed by atoms with Crippen LogP contribution in [-0.4, -0.2) is 12.3 Å². The Kier molecular flexibility index (Phi) is 4.31. The van der Waals surface area contributed by atoms with E-state index in [1.807, 2.05) is 11.8 Å². The van der Waals surface area contributed by atoms with E-state index >= 15 is 0 Å². The Morgan fingerprint density at radius 3 is 2.65 bits per heavy atom. The van der Waals surface area contributed by atoms with Gasteiger partial charge in [-0.05, 0) is 61.6 Å². The number of aryl methyl sites for hydroxylation is 3. The van der Waals surface area contributed by atoms with Gasteiger partial charge in [-0.1, -0.05) is 23.8 Å². The van der Waals surface area contributed by atoms with Crippen LogP contribution in [0, 0.1) is 6.92 Å². The minimum atomic E-state index is 1.00. The number of thioether (sulfide) groups is 1. The highest BCUT2D eigenvalue weighted by Crippen LogP contribution is 2.27. The topological polar surface area (TPSA) is 12.0 Å². The van der Waals surface area contributed by atoms with Crippen molar-refractivity contribution >= 4 is 17.4 Å². The molecule has 1 aliphatic carbocycles. The van der Waals surface area contributed by atoms with Crippen molar-refractivity contribution in [2.75, 3.05) is 17.6 Å². The minimum Gasteiger partial charge on any atom is -0.384 e. The van der Waals surface area contributed by atoms with Crippen molar-refractivity contribution in [1.82, 2.24) is 0 Å². The molecule has 0 aliphatic heterocycles. The summed E-state index contributed by atoms with van der Waals surface area (Å²) in [6.07, 6.45) is 3.87. The van der Waals surface area contributed by atoms with Crippen LogP contribution in [0.5, 0.6) is 0 Å². The lowest BCUT2D eigenvalue weighted by atomic mass is 10.1. The quantitative estimate of drug-likeness (QED) is 0.631. The Balaban J connectivity index is 1.47. The minimum absolute atomic E-state index is 1.00. The maximum Gasteiger partial charge on any atom is 0.0340 e. The molecule has 0 saturated heterocycles. The summed E-state index contributed by atoms with van der Waals surface area (Å²) in [4.78, 5) is 1.41. The van der Waals surface area contributed by atoms with Crippen molar-refractivity contribution in [1.29, 1.82) is 0 Å². The van der Waals surface area contributed by atoms with Crippen LogP contribution in [0.2, 0.25) is 0 Å². The van der Waals surface area contributed by atoms with Crippen molar-refractivity contribution in [3.05, 3.63) is 59.2 Å². The van der Waals surface area contributed by atoms with Gasteiger partial charge in [0.25, 0.3) is 0 Å². The Morgan fingerprint density at radius 1 is 1.00 bits per heavy atom. The van der Waals surface area contributed by atoms with Gasteiger partial charge in [-0.15, -0.1) is 11.8 Å². The zero-order valence-corrected chi connectivity index (χ0v) is 12.8. The Morgan fingerprint density at radius 2 is 1.80 bits per heavy atom. The van der Waals surface area contributed by atoms with E-state index < -0.39 is 0 Å². The monoisotopic (exact) mass is 283 g/mol. The summed E-state index contributed by atoms with van der Waals surface area (Å²) in [5, 5.41) is 3.47. The van der Waals surface area contributed by atoms with E-state index in [0.717, 1.165) is 12.3 Å². The molecule has 2 aromatic rings. The second kappa shape index (κ2) is 6.36. The first-order valence-electron chi connectivity index (χ1n) is 7.36. The average molecular weight is 283 g/mol. The van der Waals surface area contributed by atoms with Crippen molar-refractivity contribution < 1.29 is 0 Å². The van der Waals surface area contributed by atoms with Crippen LogP contribution >= 0.6 is 11.8 Å². The van der Waals surface area contributed by atoms with Gasteiger partial charge in [0.15, 0.2) is 0 Å². The van der Waals surface area contributed by atoms with Gasteiger partial charge in [-0.25, -0.2) is 0 Å². The van der Waals surface area contributed by atoms with Crippen molar-refractivity contribution in [3.63, 3.8) is 0 Å². The SMILES string of the molecule is Cc1ccc(NCCSc2ccc3c(c2)CCC3)cc1. The van der Waals surface area contributed by atoms with E-state index in [1.165, 1.54) is 35.4 Å². The molecule has 1 aliphatic rings. The molecular formula is C18H21NS. The van der Waals surface area contributed by atoms with E-state index in [2.05, 4.69) is 54.7 Å². The zero-order chi connectivity index (χ0) is 13.8. The van der Waals surface area contributed by atoms with E-state index in [-0.39, 0.29) is 0 Å². The molecule has 0 amide bonds. The summed E-state index contributed by atoms with van der Waals surface area (Å²) in [6.45, 7) is 3.12. The number of hydrogen-bond donors (Lipinski definition) is 1. The molecule has 0 saturated carbocycles. The number of anilines is 1. The van der Waals surface area contributed by atoms with Gasteiger partial charge in [0, 0.05) is 22.9 Å². The molecule has 0 fully saturated rings. The second-order valence-corrected chi connectivity index (χ2v) is 6.59. The molecule has 1 nitrogen and oxygen atoms in total. The fourth-order valence-electron chi connectivity index (χ4n) is 2.67. The number of hydrogen-bond acceptors (Lipinski definition) is 2. The first-order chi connectivity index (χ1) is 9.81. The largest absolute Gasteiger partial charge is 0.384 e. The van der Waals surface area contributed by atoms with E-state index in [9.17, 15) is 0 Å². The van der Waals surface area contributed by atoms with Crippen LogP contribution < -0.4 is 5.32 Å². The van der Waals surface area contributed by atoms with Gasteiger partial charge >= 0.3 is 0 Å². The summed E-state index contributed by atoms with van der Waals surface area (Å²) >= 11 is 1.95. The lowest BCUT2D eigenvalue weighted by Crippen LogP contribution is -2.03. The molecule has 2 heteroatoms. The fraction of sp³-hybridized carbons (Fsp3) is 0.333. The van der Waals surface area contributed by atoms with Crippen LogP contribution in [0.4, 0.5) is 5.69 Å². The van der Waals surface area contributed by atoms with Gasteiger partial charge in [0.05, 0.1) is 0 Å². The van der Waals surface area contributed by atoms with E-state index in [4.69, 9.17) is 0 Å². The van der Waals surface area contributed by atoms with Gasteiger partial charge in [0.2, 0.25) is 0 Å². The third kappa shape index (κ3) is 3.37. The van der Waals surface area contributed by atoms with Gasteiger partial charge in [-0.2, -0.15) is 0 Å². The van der Waals surface area contributed by atoms with Crippen molar-refractivity contribution in [2.45, 2.75) is 31.1 Å². The first-order valence-corrected chi connectivity index (χ1v) is 8.35. The van der Waals surface area contributed by atoms with Crippen molar-refractivity contribution in [2.24, 2.45) is 0 Å². The van der Waals surface area contributed by atoms with Crippen molar-refractivity contribution in [3.8, 4) is 0 Å². The predicted molar refractivity (Wildman–Crippen MR) is 88.9 cm³/mol. The molecule has 1 N–H and O–H groups in total. The molecule has 104 valence electrons. The average Bonchev–Trinajstić information content (AvgIpc) is 2.93. The van der Waals surface area contributed by atoms with Crippen LogP contribution in [0.25, 0.3) is 0 Å². The zero-order valence-electron chi connectivity index (χ0n) is 12.0. The smallest absolute Gasteiger partial charge is 0.0340 e. The van der Waals surface area contributed by atoms with Gasteiger partial charge in [-0.3, -0.25) is 0 Å². The molecule has 0 unspecified atom stereocenters. The van der Waals surface area contributed by atoms with E-state index in [0.29, 0.717) is 0 Å². The Bertz CT molecular complexity index is 574. The second-order valence-electron chi connectivity index (χ2n) is 5.43. The first kappa shape index (κ1) is 13.6. The third-order valence-electron chi connectivity index (χ3n) is 3.82. The molecule has 0 heterocycles. The van der Waals surface area contributed by atoms with Gasteiger partial charge in [0.1, 0.15) is 0 Å². The Labute approximate surface area is 125 Å². The lowest BCUT2D eigenvalue weighted by Gasteiger charge is -2.07. The summed E-state index contributed by atoms with van der Waals surface area (Å²) < 4.78 is 0. The summed E-state index contributed by atoms with van der Waals surface area (Å²) in [5.74, 6) is 1.10. The molecule has 3 rings (SSSR count). The maximum atomic E-state index is 3.47. The molecule has 0 bridgehead atoms. The third-order valence-corrected chi connectivity index (χ3v) is 4.82. The molecule has 0 spiro atoms. The molecule has 0 aromatic heterocycles. The number of fused-ring (bicyclic) bond motifs is 1. The normalized spacial score (nSPS) is 13.2. The maximum absolute atomic E-state index is 3.47. The molecule has 20 heavy (non-hydrogen) atoms. The standard InChI is InChI=1S/C18H21NS/c1-14-5-8-17(9-6-14)19-11-12-20-18-10-7-15-3-2-4-16(15)13-18/h5-10,13,19H,2-4,11-12H2,1H3. The number of nitrogens with one attached hydrogen (secondary N) is 1. The summed E-state index contributed by atoms with van der Waals surface area (Å²) in [5.41, 5.74) is 5.65. The fourth-order valence-corrected chi connectivity index (χ4v) is 3.50. The molecular weight excluding hydrogens is 262 g/mol. The predicted octanol–water partition coefficient (Wildman–Crippen LogP) is 4.69. The number of rotatable bonds is 5. The lowest BCUT2D eigenvalue weighted by molar-refractivity contribution is 0.911. The van der Waals surface area contributed by atoms with E-state index in [1.54, 1.807) is 11.1 Å². The summed E-state index contributed by atoms with van der Waals surface area (Å²) in [6, 6.07) is 15.6. The van der Waals surface area contributed by atoms with Crippen LogP contribution in [0.15, 0.2) is 47.4 Å². The summed E-state index contributed by atoms with van der Waals surface area (Å²) in [7, 11) is 0.